The number of morpholine rings is 1. The van der Waals surface area contributed by atoms with E-state index in [2.05, 4.69) is 15.2 Å². The number of aromatic nitrogens is 1. The van der Waals surface area contributed by atoms with Gasteiger partial charge in [0.25, 0.3) is 0 Å². The lowest BCUT2D eigenvalue weighted by atomic mass is 10.3. The zero-order valence-corrected chi connectivity index (χ0v) is 12.5. The number of rotatable bonds is 7. The van der Waals surface area contributed by atoms with E-state index in [1.165, 1.54) is 0 Å². The molecule has 0 spiro atoms. The van der Waals surface area contributed by atoms with Gasteiger partial charge in [0.2, 0.25) is 0 Å². The molecule has 1 N–H and O–H groups in total. The van der Waals surface area contributed by atoms with Crippen LogP contribution in [0.5, 0.6) is 5.75 Å². The minimum Gasteiger partial charge on any atom is -0.487 e. The van der Waals surface area contributed by atoms with Crippen molar-refractivity contribution in [3.63, 3.8) is 0 Å². The maximum atomic E-state index is 5.74. The van der Waals surface area contributed by atoms with Gasteiger partial charge in [-0.2, -0.15) is 0 Å². The third-order valence-corrected chi connectivity index (χ3v) is 3.18. The van der Waals surface area contributed by atoms with Gasteiger partial charge in [0.15, 0.2) is 11.6 Å². The summed E-state index contributed by atoms with van der Waals surface area (Å²) in [4.78, 5) is 6.79. The average Bonchev–Trinajstić information content (AvgIpc) is 2.46. The highest BCUT2D eigenvalue weighted by Crippen LogP contribution is 2.21. The summed E-state index contributed by atoms with van der Waals surface area (Å²) in [5.41, 5.74) is 0. The van der Waals surface area contributed by atoms with Gasteiger partial charge < -0.3 is 14.8 Å². The first-order chi connectivity index (χ1) is 9.75. The van der Waals surface area contributed by atoms with Crippen molar-refractivity contribution >= 4 is 5.82 Å². The van der Waals surface area contributed by atoms with Crippen LogP contribution in [0.25, 0.3) is 0 Å². The fourth-order valence-electron chi connectivity index (χ4n) is 2.21. The summed E-state index contributed by atoms with van der Waals surface area (Å²) in [6, 6.07) is 3.86. The molecule has 1 aliphatic heterocycles. The van der Waals surface area contributed by atoms with Gasteiger partial charge in [-0.15, -0.1) is 0 Å². The van der Waals surface area contributed by atoms with E-state index in [0.29, 0.717) is 0 Å². The molecule has 1 aromatic rings. The van der Waals surface area contributed by atoms with E-state index in [1.54, 1.807) is 6.20 Å². The number of pyridine rings is 1. The van der Waals surface area contributed by atoms with Crippen molar-refractivity contribution in [3.8, 4) is 5.75 Å². The standard InChI is InChI=1S/C15H25N3O2/c1-13(2)20-14-5-3-6-16-15(14)17-7-4-8-18-9-11-19-12-10-18/h3,5-6,13H,4,7-12H2,1-2H3,(H,16,17). The fraction of sp³-hybridized carbons (Fsp3) is 0.667. The lowest BCUT2D eigenvalue weighted by molar-refractivity contribution is 0.0378. The highest BCUT2D eigenvalue weighted by molar-refractivity contribution is 5.49. The maximum Gasteiger partial charge on any atom is 0.168 e. The Morgan fingerprint density at radius 1 is 1.40 bits per heavy atom. The van der Waals surface area contributed by atoms with Crippen LogP contribution in [0.4, 0.5) is 5.82 Å². The zero-order valence-electron chi connectivity index (χ0n) is 12.5. The highest BCUT2D eigenvalue weighted by atomic mass is 16.5. The highest BCUT2D eigenvalue weighted by Gasteiger charge is 2.10. The monoisotopic (exact) mass is 279 g/mol. The normalized spacial score (nSPS) is 16.4. The summed E-state index contributed by atoms with van der Waals surface area (Å²) < 4.78 is 11.1. The van der Waals surface area contributed by atoms with E-state index in [0.717, 1.165) is 57.4 Å². The minimum atomic E-state index is 0.160. The van der Waals surface area contributed by atoms with Gasteiger partial charge in [-0.25, -0.2) is 4.98 Å². The van der Waals surface area contributed by atoms with Gasteiger partial charge >= 0.3 is 0 Å². The topological polar surface area (TPSA) is 46.6 Å². The van der Waals surface area contributed by atoms with Gasteiger partial charge in [0, 0.05) is 25.8 Å². The van der Waals surface area contributed by atoms with E-state index in [1.807, 2.05) is 26.0 Å². The van der Waals surface area contributed by atoms with Crippen LogP contribution in [0.2, 0.25) is 0 Å². The average molecular weight is 279 g/mol. The molecule has 0 amide bonds. The minimum absolute atomic E-state index is 0.160. The molecule has 1 aromatic heterocycles. The predicted molar refractivity (Wildman–Crippen MR) is 80.4 cm³/mol. The number of nitrogens with zero attached hydrogens (tertiary/aromatic N) is 2. The van der Waals surface area contributed by atoms with Crippen molar-refractivity contribution in [2.24, 2.45) is 0 Å². The molecule has 0 saturated carbocycles. The summed E-state index contributed by atoms with van der Waals surface area (Å²) >= 11 is 0. The third kappa shape index (κ3) is 4.98. The van der Waals surface area contributed by atoms with E-state index >= 15 is 0 Å². The molecule has 2 rings (SSSR count). The molecular formula is C15H25N3O2. The van der Waals surface area contributed by atoms with Gasteiger partial charge in [-0.05, 0) is 38.9 Å². The smallest absolute Gasteiger partial charge is 0.168 e. The molecule has 1 aliphatic rings. The second-order valence-corrected chi connectivity index (χ2v) is 5.25. The summed E-state index contributed by atoms with van der Waals surface area (Å²) in [6.45, 7) is 9.87. The maximum absolute atomic E-state index is 5.74. The number of ether oxygens (including phenoxy) is 2. The molecule has 1 fully saturated rings. The van der Waals surface area contributed by atoms with Crippen LogP contribution in [0, 0.1) is 0 Å². The Morgan fingerprint density at radius 3 is 2.95 bits per heavy atom. The van der Waals surface area contributed by atoms with Crippen LogP contribution >= 0.6 is 0 Å². The van der Waals surface area contributed by atoms with Crippen LogP contribution in [0.15, 0.2) is 18.3 Å². The lowest BCUT2D eigenvalue weighted by Gasteiger charge is -2.26. The van der Waals surface area contributed by atoms with E-state index in [4.69, 9.17) is 9.47 Å². The van der Waals surface area contributed by atoms with Crippen molar-refractivity contribution in [2.45, 2.75) is 26.4 Å². The Hall–Kier alpha value is -1.33. The van der Waals surface area contributed by atoms with Crippen LogP contribution in [-0.4, -0.2) is 55.4 Å². The lowest BCUT2D eigenvalue weighted by Crippen LogP contribution is -2.37. The Labute approximate surface area is 121 Å². The molecular weight excluding hydrogens is 254 g/mol. The van der Waals surface area contributed by atoms with Crippen LogP contribution in [0.1, 0.15) is 20.3 Å². The Bertz CT molecular complexity index is 392. The summed E-state index contributed by atoms with van der Waals surface area (Å²) in [6.07, 6.45) is 3.04. The second kappa shape index (κ2) is 8.07. The van der Waals surface area contributed by atoms with Crippen molar-refractivity contribution in [2.75, 3.05) is 44.7 Å². The number of anilines is 1. The molecule has 0 atom stereocenters. The second-order valence-electron chi connectivity index (χ2n) is 5.25. The Balaban J connectivity index is 1.73. The Kier molecular flexibility index (Phi) is 6.08. The molecule has 5 nitrogen and oxygen atoms in total. The fourth-order valence-corrected chi connectivity index (χ4v) is 2.21. The van der Waals surface area contributed by atoms with E-state index in [-0.39, 0.29) is 6.10 Å². The summed E-state index contributed by atoms with van der Waals surface area (Å²) in [7, 11) is 0. The number of nitrogens with one attached hydrogen (secondary N) is 1. The number of hydrogen-bond donors (Lipinski definition) is 1. The van der Waals surface area contributed by atoms with Crippen molar-refractivity contribution in [1.82, 2.24) is 9.88 Å². The van der Waals surface area contributed by atoms with Gasteiger partial charge in [0.05, 0.1) is 19.3 Å². The van der Waals surface area contributed by atoms with Gasteiger partial charge in [0.1, 0.15) is 0 Å². The molecule has 5 heteroatoms. The van der Waals surface area contributed by atoms with Crippen LogP contribution < -0.4 is 10.1 Å². The number of hydrogen-bond acceptors (Lipinski definition) is 5. The van der Waals surface area contributed by atoms with Crippen molar-refractivity contribution in [3.05, 3.63) is 18.3 Å². The molecule has 20 heavy (non-hydrogen) atoms. The largest absolute Gasteiger partial charge is 0.487 e. The van der Waals surface area contributed by atoms with Crippen molar-refractivity contribution in [1.29, 1.82) is 0 Å². The van der Waals surface area contributed by atoms with Crippen LogP contribution in [-0.2, 0) is 4.74 Å². The van der Waals surface area contributed by atoms with E-state index < -0.39 is 0 Å². The third-order valence-electron chi connectivity index (χ3n) is 3.18. The molecule has 112 valence electrons. The molecule has 0 aromatic carbocycles. The van der Waals surface area contributed by atoms with Crippen LogP contribution in [0.3, 0.4) is 0 Å². The molecule has 0 bridgehead atoms. The molecule has 1 saturated heterocycles. The predicted octanol–water partition coefficient (Wildman–Crippen LogP) is 2.00. The van der Waals surface area contributed by atoms with Gasteiger partial charge in [-0.3, -0.25) is 4.90 Å². The zero-order chi connectivity index (χ0) is 14.2. The van der Waals surface area contributed by atoms with Crippen molar-refractivity contribution < 1.29 is 9.47 Å². The first kappa shape index (κ1) is 15.1. The Morgan fingerprint density at radius 2 is 2.20 bits per heavy atom. The SMILES string of the molecule is CC(C)Oc1cccnc1NCCCN1CCOCC1. The molecule has 0 aliphatic carbocycles. The summed E-state index contributed by atoms with van der Waals surface area (Å²) in [5.74, 6) is 1.66. The molecule has 2 heterocycles. The molecule has 0 unspecified atom stereocenters. The molecule has 0 radical (unpaired) electrons. The van der Waals surface area contributed by atoms with Gasteiger partial charge in [-0.1, -0.05) is 0 Å². The quantitative estimate of drug-likeness (QED) is 0.774. The first-order valence-electron chi connectivity index (χ1n) is 7.41. The first-order valence-corrected chi connectivity index (χ1v) is 7.41. The van der Waals surface area contributed by atoms with E-state index in [9.17, 15) is 0 Å². The summed E-state index contributed by atoms with van der Waals surface area (Å²) in [5, 5.41) is 3.36.